The topological polar surface area (TPSA) is 127 Å². The minimum Gasteiger partial charge on any atom is -0.478 e. The summed E-state index contributed by atoms with van der Waals surface area (Å²) in [7, 11) is 0. The number of carboxylic acid groups (broad SMARTS) is 2. The Labute approximate surface area is 256 Å². The molecule has 0 unspecified atom stereocenters. The lowest BCUT2D eigenvalue weighted by Crippen LogP contribution is -2.19. The number of benzene rings is 2. The van der Waals surface area contributed by atoms with Crippen LogP contribution >= 0.6 is 0 Å². The molecule has 0 aromatic heterocycles. The van der Waals surface area contributed by atoms with Gasteiger partial charge in [0.2, 0.25) is 0 Å². The fourth-order valence-corrected chi connectivity index (χ4v) is 3.64. The van der Waals surface area contributed by atoms with Gasteiger partial charge in [-0.1, -0.05) is 68.2 Å². The van der Waals surface area contributed by atoms with E-state index in [1.807, 2.05) is 20.8 Å². The van der Waals surface area contributed by atoms with Gasteiger partial charge in [0.1, 0.15) is 0 Å². The molecule has 1 aliphatic rings. The van der Waals surface area contributed by atoms with Crippen LogP contribution in [0.3, 0.4) is 0 Å². The maximum Gasteiger partial charge on any atom is 0.338 e. The molecule has 0 radical (unpaired) electrons. The highest BCUT2D eigenvalue weighted by atomic mass is 16.5. The molecule has 0 atom stereocenters. The second-order valence-electron chi connectivity index (χ2n) is 13.1. The van der Waals surface area contributed by atoms with E-state index in [4.69, 9.17) is 19.7 Å². The molecule has 3 rings (SSSR count). The third kappa shape index (κ3) is 15.4. The summed E-state index contributed by atoms with van der Waals surface area (Å²) in [5.41, 5.74) is 0.995. The molecule has 8 nitrogen and oxygen atoms in total. The molecule has 1 aliphatic carbocycles. The number of rotatable bonds is 8. The van der Waals surface area contributed by atoms with Crippen LogP contribution in [0, 0.1) is 29.1 Å². The molecule has 0 aliphatic heterocycles. The summed E-state index contributed by atoms with van der Waals surface area (Å²) in [6.45, 7) is 17.9. The van der Waals surface area contributed by atoms with E-state index in [-0.39, 0.29) is 22.5 Å². The molecule has 0 spiro atoms. The quantitative estimate of drug-likeness (QED) is 0.291. The molecular weight excluding hydrogens is 548 g/mol. The van der Waals surface area contributed by atoms with E-state index in [9.17, 15) is 19.2 Å². The first-order valence-electron chi connectivity index (χ1n) is 15.0. The predicted octanol–water partition coefficient (Wildman–Crippen LogP) is 8.25. The summed E-state index contributed by atoms with van der Waals surface area (Å²) in [6, 6.07) is 11.5. The summed E-state index contributed by atoms with van der Waals surface area (Å²) >= 11 is 0. The van der Waals surface area contributed by atoms with E-state index in [1.54, 1.807) is 0 Å². The second-order valence-corrected chi connectivity index (χ2v) is 13.1. The van der Waals surface area contributed by atoms with E-state index in [1.165, 1.54) is 61.4 Å². The third-order valence-corrected chi connectivity index (χ3v) is 7.29. The average molecular weight is 599 g/mol. The Hall–Kier alpha value is -3.68. The van der Waals surface area contributed by atoms with E-state index in [0.29, 0.717) is 30.3 Å². The Morgan fingerprint density at radius 1 is 0.674 bits per heavy atom. The molecule has 1 saturated carbocycles. The summed E-state index contributed by atoms with van der Waals surface area (Å²) in [4.78, 5) is 44.8. The van der Waals surface area contributed by atoms with Crippen molar-refractivity contribution < 1.29 is 38.9 Å². The lowest BCUT2D eigenvalue weighted by Gasteiger charge is -2.25. The number of aromatic carboxylic acids is 2. The van der Waals surface area contributed by atoms with Gasteiger partial charge in [-0.25, -0.2) is 19.2 Å². The molecular formula is C35H50O8. The lowest BCUT2D eigenvalue weighted by atomic mass is 9.83. The Bertz CT molecular complexity index is 1140. The minimum absolute atomic E-state index is 0.0866. The van der Waals surface area contributed by atoms with Gasteiger partial charge in [0, 0.05) is 0 Å². The Kier molecular flexibility index (Phi) is 15.7. The highest BCUT2D eigenvalue weighted by Crippen LogP contribution is 2.28. The zero-order valence-corrected chi connectivity index (χ0v) is 27.0. The third-order valence-electron chi connectivity index (χ3n) is 7.29. The van der Waals surface area contributed by atoms with Gasteiger partial charge in [0.25, 0.3) is 0 Å². The standard InChI is InChI=1S/C16H20O4.C13H16O4.C6H14/c1-11-2-4-12(5-3-11)10-20-16(19)14-8-6-13(7-9-14)15(17)18;1-13(2,3)8-17-12(16)10-6-4-9(5-7-10)11(14)15;1-5(2)6(3)4/h6-9,11-12H,2-5,10H2,1H3,(H,17,18);4-7H,8H2,1-3H3,(H,14,15);5-6H,1-4H3. The van der Waals surface area contributed by atoms with Crippen LogP contribution in [-0.4, -0.2) is 47.3 Å². The molecule has 43 heavy (non-hydrogen) atoms. The molecule has 0 amide bonds. The van der Waals surface area contributed by atoms with Crippen LogP contribution in [0.1, 0.15) is 123 Å². The molecule has 0 heterocycles. The highest BCUT2D eigenvalue weighted by Gasteiger charge is 2.20. The van der Waals surface area contributed by atoms with Crippen molar-refractivity contribution in [3.05, 3.63) is 70.8 Å². The number of hydrogen-bond acceptors (Lipinski definition) is 6. The number of carbonyl (C=O) groups excluding carboxylic acids is 2. The first-order chi connectivity index (χ1) is 20.0. The van der Waals surface area contributed by atoms with Crippen molar-refractivity contribution in [3.8, 4) is 0 Å². The molecule has 2 N–H and O–H groups in total. The summed E-state index contributed by atoms with van der Waals surface area (Å²) in [5.74, 6) is 0.132. The van der Waals surface area contributed by atoms with Crippen molar-refractivity contribution in [1.82, 2.24) is 0 Å². The van der Waals surface area contributed by atoms with Gasteiger partial charge in [0.05, 0.1) is 35.5 Å². The van der Waals surface area contributed by atoms with Crippen LogP contribution in [-0.2, 0) is 9.47 Å². The van der Waals surface area contributed by atoms with Gasteiger partial charge in [-0.2, -0.15) is 0 Å². The van der Waals surface area contributed by atoms with Crippen LogP contribution in [0.25, 0.3) is 0 Å². The van der Waals surface area contributed by atoms with Gasteiger partial charge >= 0.3 is 23.9 Å². The van der Waals surface area contributed by atoms with Gasteiger partial charge in [-0.3, -0.25) is 0 Å². The Morgan fingerprint density at radius 3 is 1.35 bits per heavy atom. The minimum atomic E-state index is -1.01. The summed E-state index contributed by atoms with van der Waals surface area (Å²) < 4.78 is 10.4. The van der Waals surface area contributed by atoms with Crippen molar-refractivity contribution in [2.75, 3.05) is 13.2 Å². The molecule has 0 bridgehead atoms. The van der Waals surface area contributed by atoms with E-state index in [2.05, 4.69) is 34.6 Å². The lowest BCUT2D eigenvalue weighted by molar-refractivity contribution is 0.0365. The Balaban J connectivity index is 0.000000366. The second kappa shape index (κ2) is 18.1. The normalized spacial score (nSPS) is 16.2. The average Bonchev–Trinajstić information content (AvgIpc) is 2.95. The summed E-state index contributed by atoms with van der Waals surface area (Å²) in [5, 5.41) is 17.5. The highest BCUT2D eigenvalue weighted by molar-refractivity contribution is 5.93. The van der Waals surface area contributed by atoms with Crippen molar-refractivity contribution >= 4 is 23.9 Å². The number of ether oxygens (including phenoxy) is 2. The van der Waals surface area contributed by atoms with Gasteiger partial charge in [0.15, 0.2) is 0 Å². The monoisotopic (exact) mass is 598 g/mol. The first kappa shape index (κ1) is 37.3. The molecule has 1 fully saturated rings. The largest absolute Gasteiger partial charge is 0.478 e. The van der Waals surface area contributed by atoms with Crippen LogP contribution in [0.2, 0.25) is 0 Å². The maximum atomic E-state index is 11.9. The number of esters is 2. The van der Waals surface area contributed by atoms with Gasteiger partial charge in [-0.15, -0.1) is 0 Å². The van der Waals surface area contributed by atoms with E-state index >= 15 is 0 Å². The van der Waals surface area contributed by atoms with Crippen LogP contribution in [0.4, 0.5) is 0 Å². The molecule has 2 aromatic carbocycles. The predicted molar refractivity (Wildman–Crippen MR) is 168 cm³/mol. The van der Waals surface area contributed by atoms with E-state index in [0.717, 1.165) is 30.6 Å². The Morgan fingerprint density at radius 2 is 1.02 bits per heavy atom. The van der Waals surface area contributed by atoms with E-state index < -0.39 is 17.9 Å². The smallest absolute Gasteiger partial charge is 0.338 e. The number of carbonyl (C=O) groups is 4. The fourth-order valence-electron chi connectivity index (χ4n) is 3.64. The van der Waals surface area contributed by atoms with Crippen LogP contribution in [0.5, 0.6) is 0 Å². The SMILES string of the molecule is CC(C)(C)COC(=O)c1ccc(C(=O)O)cc1.CC(C)C(C)C.CC1CCC(COC(=O)c2ccc(C(=O)O)cc2)CC1. The zero-order valence-electron chi connectivity index (χ0n) is 27.0. The van der Waals surface area contributed by atoms with Crippen molar-refractivity contribution in [2.45, 2.75) is 81.1 Å². The van der Waals surface area contributed by atoms with Gasteiger partial charge < -0.3 is 19.7 Å². The summed E-state index contributed by atoms with van der Waals surface area (Å²) in [6.07, 6.45) is 4.64. The first-order valence-corrected chi connectivity index (χ1v) is 15.0. The molecule has 2 aromatic rings. The molecule has 0 saturated heterocycles. The van der Waals surface area contributed by atoms with Crippen molar-refractivity contribution in [3.63, 3.8) is 0 Å². The number of carboxylic acids is 2. The van der Waals surface area contributed by atoms with Crippen LogP contribution < -0.4 is 0 Å². The van der Waals surface area contributed by atoms with Crippen molar-refractivity contribution in [2.24, 2.45) is 29.1 Å². The number of hydrogen-bond donors (Lipinski definition) is 2. The zero-order chi connectivity index (χ0) is 32.7. The maximum absolute atomic E-state index is 11.9. The van der Waals surface area contributed by atoms with Crippen LogP contribution in [0.15, 0.2) is 48.5 Å². The van der Waals surface area contributed by atoms with Crippen molar-refractivity contribution in [1.29, 1.82) is 0 Å². The molecule has 238 valence electrons. The van der Waals surface area contributed by atoms with Gasteiger partial charge in [-0.05, 0) is 90.5 Å². The molecule has 8 heteroatoms. The fraction of sp³-hybridized carbons (Fsp3) is 0.543.